The molecule has 0 unspecified atom stereocenters. The normalized spacial score (nSPS) is 8.47. The number of hydrogen-bond donors (Lipinski definition) is 1. The molecule has 0 rings (SSSR count). The minimum Gasteiger partial charge on any atom is -0.315 e. The maximum atomic E-state index is 3.64. The summed E-state index contributed by atoms with van der Waals surface area (Å²) in [5.41, 5.74) is 1.38. The van der Waals surface area contributed by atoms with Gasteiger partial charge in [-0.15, -0.1) is 6.58 Å². The predicted octanol–water partition coefficient (Wildman–Crippen LogP) is 3.71. The molecule has 0 aromatic heterocycles. The molecule has 0 spiro atoms. The first kappa shape index (κ1) is 21.7. The fourth-order valence-electron chi connectivity index (χ4n) is 0.632. The molecular formula is C15H34N2. The van der Waals surface area contributed by atoms with Crippen LogP contribution in [-0.2, 0) is 0 Å². The standard InChI is InChI=1S/C8H18N2.C5H10.C2H6/c1-4-5-6-9-7-8-10(2)3;1-4-5(2)3;1-2/h4,9H,1,5-8H2,2-3H3;4H,1-3H3;1-2H3. The lowest BCUT2D eigenvalue weighted by Crippen LogP contribution is -2.26. The van der Waals surface area contributed by atoms with Gasteiger partial charge in [-0.3, -0.25) is 0 Å². The first-order chi connectivity index (χ1) is 8.04. The Morgan fingerprint density at radius 1 is 1.18 bits per heavy atom. The molecule has 0 fully saturated rings. The Morgan fingerprint density at radius 3 is 1.94 bits per heavy atom. The highest BCUT2D eigenvalue weighted by Gasteiger charge is 1.87. The number of nitrogens with one attached hydrogen (secondary N) is 1. The van der Waals surface area contributed by atoms with Crippen molar-refractivity contribution in [2.45, 2.75) is 41.0 Å². The smallest absolute Gasteiger partial charge is 0.0101 e. The maximum absolute atomic E-state index is 3.64. The topological polar surface area (TPSA) is 15.3 Å². The summed E-state index contributed by atoms with van der Waals surface area (Å²) in [6, 6.07) is 0. The van der Waals surface area contributed by atoms with E-state index in [1.165, 1.54) is 5.57 Å². The third-order valence-corrected chi connectivity index (χ3v) is 1.84. The summed E-state index contributed by atoms with van der Waals surface area (Å²) >= 11 is 0. The molecule has 0 amide bonds. The number of rotatable bonds is 6. The molecule has 0 saturated carbocycles. The Balaban J connectivity index is -0.000000236. The number of nitrogens with zero attached hydrogens (tertiary/aromatic N) is 1. The van der Waals surface area contributed by atoms with Crippen molar-refractivity contribution in [3.05, 3.63) is 24.3 Å². The van der Waals surface area contributed by atoms with Gasteiger partial charge >= 0.3 is 0 Å². The molecule has 2 heteroatoms. The quantitative estimate of drug-likeness (QED) is 0.564. The second-order valence-electron chi connectivity index (χ2n) is 4.00. The summed E-state index contributed by atoms with van der Waals surface area (Å²) in [5.74, 6) is 0. The molecule has 17 heavy (non-hydrogen) atoms. The number of likely N-dealkylation sites (N-methyl/N-ethyl adjacent to an activating group) is 1. The van der Waals surface area contributed by atoms with Crippen molar-refractivity contribution < 1.29 is 0 Å². The Hall–Kier alpha value is -0.600. The summed E-state index contributed by atoms with van der Waals surface area (Å²) in [6.07, 6.45) is 5.08. The molecule has 0 aliphatic heterocycles. The zero-order chi connectivity index (χ0) is 14.1. The SMILES string of the molecule is C=CCCNCCN(C)C.CC.CC=C(C)C. The van der Waals surface area contributed by atoms with Crippen LogP contribution >= 0.6 is 0 Å². The minimum absolute atomic E-state index is 1.05. The monoisotopic (exact) mass is 242 g/mol. The van der Waals surface area contributed by atoms with Gasteiger partial charge < -0.3 is 10.2 Å². The second kappa shape index (κ2) is 20.8. The Labute approximate surface area is 110 Å². The minimum atomic E-state index is 1.05. The van der Waals surface area contributed by atoms with Crippen LogP contribution in [0.3, 0.4) is 0 Å². The van der Waals surface area contributed by atoms with E-state index in [4.69, 9.17) is 0 Å². The Kier molecular flexibility index (Phi) is 26.5. The highest BCUT2D eigenvalue weighted by molar-refractivity contribution is 4.88. The van der Waals surface area contributed by atoms with E-state index in [1.807, 2.05) is 26.8 Å². The van der Waals surface area contributed by atoms with Gasteiger partial charge in [0, 0.05) is 13.1 Å². The number of hydrogen-bond acceptors (Lipinski definition) is 2. The Morgan fingerprint density at radius 2 is 1.65 bits per heavy atom. The van der Waals surface area contributed by atoms with Gasteiger partial charge in [0.2, 0.25) is 0 Å². The molecule has 1 N–H and O–H groups in total. The van der Waals surface area contributed by atoms with Gasteiger partial charge in [0.05, 0.1) is 0 Å². The van der Waals surface area contributed by atoms with E-state index in [9.17, 15) is 0 Å². The van der Waals surface area contributed by atoms with Crippen molar-refractivity contribution in [2.75, 3.05) is 33.7 Å². The van der Waals surface area contributed by atoms with E-state index in [2.05, 4.69) is 50.8 Å². The average Bonchev–Trinajstić information content (AvgIpc) is 2.32. The van der Waals surface area contributed by atoms with Gasteiger partial charge in [0.25, 0.3) is 0 Å². The fraction of sp³-hybridized carbons (Fsp3) is 0.733. The largest absolute Gasteiger partial charge is 0.315 e. The zero-order valence-electron chi connectivity index (χ0n) is 13.1. The first-order valence-electron chi connectivity index (χ1n) is 6.60. The highest BCUT2D eigenvalue weighted by Crippen LogP contribution is 1.82. The summed E-state index contributed by atoms with van der Waals surface area (Å²) in [6.45, 7) is 17.1. The molecule has 0 radical (unpaired) electrons. The van der Waals surface area contributed by atoms with Crippen LogP contribution in [-0.4, -0.2) is 38.6 Å². The van der Waals surface area contributed by atoms with E-state index < -0.39 is 0 Å². The van der Waals surface area contributed by atoms with Crippen molar-refractivity contribution in [2.24, 2.45) is 0 Å². The van der Waals surface area contributed by atoms with E-state index in [1.54, 1.807) is 0 Å². The van der Waals surface area contributed by atoms with Crippen LogP contribution in [0.2, 0.25) is 0 Å². The molecule has 0 aromatic carbocycles. The van der Waals surface area contributed by atoms with Crippen molar-refractivity contribution >= 4 is 0 Å². The molecule has 0 atom stereocenters. The lowest BCUT2D eigenvalue weighted by molar-refractivity contribution is 0.401. The van der Waals surface area contributed by atoms with Gasteiger partial charge in [-0.2, -0.15) is 0 Å². The summed E-state index contributed by atoms with van der Waals surface area (Å²) < 4.78 is 0. The maximum Gasteiger partial charge on any atom is 0.0101 e. The second-order valence-corrected chi connectivity index (χ2v) is 4.00. The van der Waals surface area contributed by atoms with Crippen LogP contribution in [0.1, 0.15) is 41.0 Å². The van der Waals surface area contributed by atoms with Crippen molar-refractivity contribution in [3.8, 4) is 0 Å². The van der Waals surface area contributed by atoms with E-state index >= 15 is 0 Å². The molecule has 0 aliphatic rings. The number of allylic oxidation sites excluding steroid dienone is 2. The lowest BCUT2D eigenvalue weighted by Gasteiger charge is -2.09. The van der Waals surface area contributed by atoms with Crippen molar-refractivity contribution in [3.63, 3.8) is 0 Å². The average molecular weight is 242 g/mol. The Bertz CT molecular complexity index is 156. The molecule has 0 aromatic rings. The van der Waals surface area contributed by atoms with Gasteiger partial charge in [0.15, 0.2) is 0 Å². The molecule has 0 saturated heterocycles. The fourth-order valence-corrected chi connectivity index (χ4v) is 0.632. The molecule has 0 heterocycles. The van der Waals surface area contributed by atoms with Crippen molar-refractivity contribution in [1.82, 2.24) is 10.2 Å². The van der Waals surface area contributed by atoms with Crippen LogP contribution in [0.25, 0.3) is 0 Å². The van der Waals surface area contributed by atoms with Gasteiger partial charge in [0.1, 0.15) is 0 Å². The van der Waals surface area contributed by atoms with Crippen LogP contribution in [0.4, 0.5) is 0 Å². The molecule has 0 aliphatic carbocycles. The summed E-state index contributed by atoms with van der Waals surface area (Å²) in [4.78, 5) is 2.17. The van der Waals surface area contributed by atoms with Crippen LogP contribution in [0, 0.1) is 0 Å². The molecule has 104 valence electrons. The van der Waals surface area contributed by atoms with E-state index in [0.29, 0.717) is 0 Å². The summed E-state index contributed by atoms with van der Waals surface area (Å²) in [7, 11) is 4.16. The van der Waals surface area contributed by atoms with Crippen molar-refractivity contribution in [1.29, 1.82) is 0 Å². The first-order valence-corrected chi connectivity index (χ1v) is 6.60. The van der Waals surface area contributed by atoms with Gasteiger partial charge in [-0.25, -0.2) is 0 Å². The molecular weight excluding hydrogens is 208 g/mol. The predicted molar refractivity (Wildman–Crippen MR) is 82.7 cm³/mol. The third-order valence-electron chi connectivity index (χ3n) is 1.84. The third kappa shape index (κ3) is 39.2. The van der Waals surface area contributed by atoms with Gasteiger partial charge in [-0.05, 0) is 47.8 Å². The van der Waals surface area contributed by atoms with Gasteiger partial charge in [-0.1, -0.05) is 31.6 Å². The van der Waals surface area contributed by atoms with Crippen LogP contribution in [0.5, 0.6) is 0 Å². The zero-order valence-corrected chi connectivity index (χ0v) is 13.1. The lowest BCUT2D eigenvalue weighted by atomic mass is 10.3. The van der Waals surface area contributed by atoms with Crippen LogP contribution < -0.4 is 5.32 Å². The molecule has 2 nitrogen and oxygen atoms in total. The molecule has 0 bridgehead atoms. The highest BCUT2D eigenvalue weighted by atomic mass is 15.1. The van der Waals surface area contributed by atoms with E-state index in [-0.39, 0.29) is 0 Å². The van der Waals surface area contributed by atoms with E-state index in [0.717, 1.165) is 26.1 Å². The summed E-state index contributed by atoms with van der Waals surface area (Å²) in [5, 5.41) is 3.30. The van der Waals surface area contributed by atoms with Crippen LogP contribution in [0.15, 0.2) is 24.3 Å².